The molecule has 0 aliphatic carbocycles. The van der Waals surface area contributed by atoms with Crippen molar-refractivity contribution in [2.24, 2.45) is 0 Å². The van der Waals surface area contributed by atoms with Crippen LogP contribution in [0.15, 0.2) is 23.4 Å². The van der Waals surface area contributed by atoms with E-state index in [-0.39, 0.29) is 0 Å². The summed E-state index contributed by atoms with van der Waals surface area (Å²) in [4.78, 5) is 0. The average Bonchev–Trinajstić information content (AvgIpc) is 2.19. The highest BCUT2D eigenvalue weighted by molar-refractivity contribution is 5.11. The Morgan fingerprint density at radius 2 is 2.62 bits per heavy atom. The van der Waals surface area contributed by atoms with Crippen molar-refractivity contribution >= 4 is 0 Å². The van der Waals surface area contributed by atoms with Gasteiger partial charge in [-0.05, 0) is 0 Å². The van der Waals surface area contributed by atoms with Gasteiger partial charge in [0.1, 0.15) is 12.0 Å². The summed E-state index contributed by atoms with van der Waals surface area (Å²) in [6, 6.07) is 0. The number of aromatic nitrogens is 2. The molecule has 41 valence electrons. The SMILES string of the molecule is C=C[CH]c1conn1. The fourth-order valence-corrected chi connectivity index (χ4v) is 0.365. The van der Waals surface area contributed by atoms with E-state index in [1.807, 2.05) is 0 Å². The van der Waals surface area contributed by atoms with E-state index in [1.165, 1.54) is 6.26 Å². The Bertz CT molecular complexity index is 157. The third kappa shape index (κ3) is 0.932. The molecular formula is C5H5N2O. The summed E-state index contributed by atoms with van der Waals surface area (Å²) < 4.78 is 4.43. The molecule has 8 heavy (non-hydrogen) atoms. The molecular weight excluding hydrogens is 104 g/mol. The number of allylic oxidation sites excluding steroid dienone is 1. The molecule has 0 unspecified atom stereocenters. The number of rotatable bonds is 2. The van der Waals surface area contributed by atoms with Crippen LogP contribution in [-0.2, 0) is 0 Å². The Morgan fingerprint density at radius 3 is 3.12 bits per heavy atom. The smallest absolute Gasteiger partial charge is 0.148 e. The largest absolute Gasteiger partial charge is 0.345 e. The molecule has 1 radical (unpaired) electrons. The fraction of sp³-hybridized carbons (Fsp3) is 0. The molecule has 0 amide bonds. The Hall–Kier alpha value is -1.12. The second-order valence-corrected chi connectivity index (χ2v) is 1.23. The van der Waals surface area contributed by atoms with E-state index in [0.29, 0.717) is 5.69 Å². The average molecular weight is 109 g/mol. The van der Waals surface area contributed by atoms with Crippen molar-refractivity contribution in [3.63, 3.8) is 0 Å². The minimum absolute atomic E-state index is 0.694. The van der Waals surface area contributed by atoms with Crippen LogP contribution >= 0.6 is 0 Å². The Morgan fingerprint density at radius 1 is 1.75 bits per heavy atom. The first-order valence-electron chi connectivity index (χ1n) is 2.16. The first-order chi connectivity index (χ1) is 3.93. The maximum Gasteiger partial charge on any atom is 0.148 e. The molecule has 0 bridgehead atoms. The van der Waals surface area contributed by atoms with Crippen LogP contribution < -0.4 is 0 Å². The fourth-order valence-electron chi connectivity index (χ4n) is 0.365. The molecule has 0 saturated heterocycles. The summed E-state index contributed by atoms with van der Waals surface area (Å²) in [7, 11) is 0. The molecule has 0 aliphatic rings. The number of hydrogen-bond acceptors (Lipinski definition) is 3. The highest BCUT2D eigenvalue weighted by Crippen LogP contribution is 1.94. The number of hydrogen-bond donors (Lipinski definition) is 0. The molecule has 0 atom stereocenters. The van der Waals surface area contributed by atoms with Gasteiger partial charge in [0, 0.05) is 11.7 Å². The van der Waals surface area contributed by atoms with E-state index in [1.54, 1.807) is 12.5 Å². The zero-order valence-corrected chi connectivity index (χ0v) is 4.24. The van der Waals surface area contributed by atoms with Crippen LogP contribution in [-0.4, -0.2) is 10.4 Å². The molecule has 0 fully saturated rings. The molecule has 0 saturated carbocycles. The second kappa shape index (κ2) is 2.26. The molecule has 0 aliphatic heterocycles. The van der Waals surface area contributed by atoms with Gasteiger partial charge in [0.05, 0.1) is 0 Å². The lowest BCUT2D eigenvalue weighted by Gasteiger charge is -1.75. The molecule has 0 aromatic carbocycles. The predicted molar refractivity (Wildman–Crippen MR) is 27.9 cm³/mol. The van der Waals surface area contributed by atoms with Crippen LogP contribution in [0.1, 0.15) is 5.69 Å². The highest BCUT2D eigenvalue weighted by Gasteiger charge is 1.90. The summed E-state index contributed by atoms with van der Waals surface area (Å²) in [5.41, 5.74) is 0.694. The summed E-state index contributed by atoms with van der Waals surface area (Å²) in [5.74, 6) is 0. The minimum atomic E-state index is 0.694. The Kier molecular flexibility index (Phi) is 1.42. The van der Waals surface area contributed by atoms with Gasteiger partial charge < -0.3 is 4.52 Å². The van der Waals surface area contributed by atoms with Crippen molar-refractivity contribution < 1.29 is 4.52 Å². The molecule has 1 aromatic rings. The highest BCUT2D eigenvalue weighted by atomic mass is 16.5. The van der Waals surface area contributed by atoms with Gasteiger partial charge in [-0.1, -0.05) is 6.08 Å². The number of nitrogens with zero attached hydrogens (tertiary/aromatic N) is 2. The lowest BCUT2D eigenvalue weighted by Crippen LogP contribution is -1.74. The first-order valence-corrected chi connectivity index (χ1v) is 2.16. The van der Waals surface area contributed by atoms with Crippen LogP contribution in [0.25, 0.3) is 0 Å². The molecule has 3 nitrogen and oxygen atoms in total. The lowest BCUT2D eigenvalue weighted by molar-refractivity contribution is 0.393. The van der Waals surface area contributed by atoms with Crippen molar-refractivity contribution in [3.8, 4) is 0 Å². The van der Waals surface area contributed by atoms with Crippen LogP contribution in [0.5, 0.6) is 0 Å². The molecule has 1 aromatic heterocycles. The van der Waals surface area contributed by atoms with Gasteiger partial charge in [-0.2, -0.15) is 0 Å². The van der Waals surface area contributed by atoms with Gasteiger partial charge in [-0.3, -0.25) is 0 Å². The quantitative estimate of drug-likeness (QED) is 0.564. The van der Waals surface area contributed by atoms with Gasteiger partial charge in [0.2, 0.25) is 0 Å². The zero-order chi connectivity index (χ0) is 5.82. The third-order valence-corrected chi connectivity index (χ3v) is 0.665. The van der Waals surface area contributed by atoms with E-state index < -0.39 is 0 Å². The van der Waals surface area contributed by atoms with Crippen LogP contribution in [0.3, 0.4) is 0 Å². The maximum atomic E-state index is 4.43. The van der Waals surface area contributed by atoms with Crippen LogP contribution in [0.4, 0.5) is 0 Å². The maximum absolute atomic E-state index is 4.43. The topological polar surface area (TPSA) is 38.9 Å². The third-order valence-electron chi connectivity index (χ3n) is 0.665. The van der Waals surface area contributed by atoms with E-state index >= 15 is 0 Å². The second-order valence-electron chi connectivity index (χ2n) is 1.23. The van der Waals surface area contributed by atoms with E-state index in [0.717, 1.165) is 0 Å². The molecule has 3 heteroatoms. The molecule has 0 N–H and O–H groups in total. The van der Waals surface area contributed by atoms with Crippen LogP contribution in [0.2, 0.25) is 0 Å². The predicted octanol–water partition coefficient (Wildman–Crippen LogP) is 0.808. The molecule has 1 rings (SSSR count). The van der Waals surface area contributed by atoms with E-state index in [2.05, 4.69) is 21.5 Å². The monoisotopic (exact) mass is 109 g/mol. The van der Waals surface area contributed by atoms with Crippen molar-refractivity contribution in [2.75, 3.05) is 0 Å². The van der Waals surface area contributed by atoms with E-state index in [4.69, 9.17) is 0 Å². The van der Waals surface area contributed by atoms with Gasteiger partial charge in [0.25, 0.3) is 0 Å². The summed E-state index contributed by atoms with van der Waals surface area (Å²) in [5, 5.41) is 6.80. The van der Waals surface area contributed by atoms with Crippen molar-refractivity contribution in [1.82, 2.24) is 10.4 Å². The standard InChI is InChI=1S/C5H5N2O/c1-2-3-5-4-8-7-6-5/h2-4H,1H2. The van der Waals surface area contributed by atoms with Gasteiger partial charge in [0.15, 0.2) is 0 Å². The summed E-state index contributed by atoms with van der Waals surface area (Å²) in [6.45, 7) is 3.47. The van der Waals surface area contributed by atoms with Crippen molar-refractivity contribution in [3.05, 3.63) is 31.0 Å². The summed E-state index contributed by atoms with van der Waals surface area (Å²) >= 11 is 0. The minimum Gasteiger partial charge on any atom is -0.345 e. The Balaban J connectivity index is 2.62. The van der Waals surface area contributed by atoms with Gasteiger partial charge in [-0.25, -0.2) is 0 Å². The van der Waals surface area contributed by atoms with Crippen molar-refractivity contribution in [1.29, 1.82) is 0 Å². The first kappa shape index (κ1) is 5.03. The van der Waals surface area contributed by atoms with E-state index in [9.17, 15) is 0 Å². The van der Waals surface area contributed by atoms with Gasteiger partial charge >= 0.3 is 0 Å². The summed E-state index contributed by atoms with van der Waals surface area (Å²) in [6.07, 6.45) is 4.78. The van der Waals surface area contributed by atoms with Crippen LogP contribution in [0, 0.1) is 6.42 Å². The van der Waals surface area contributed by atoms with Gasteiger partial charge in [-0.15, -0.1) is 11.7 Å². The molecule has 0 spiro atoms. The van der Waals surface area contributed by atoms with Crippen molar-refractivity contribution in [2.45, 2.75) is 0 Å². The molecule has 1 heterocycles. The zero-order valence-electron chi connectivity index (χ0n) is 4.24. The Labute approximate surface area is 47.0 Å². The normalized spacial score (nSPS) is 9.00. The lowest BCUT2D eigenvalue weighted by atomic mass is 10.3.